The summed E-state index contributed by atoms with van der Waals surface area (Å²) in [5.41, 5.74) is 5.31. The fraction of sp³-hybridized carbons (Fsp3) is 0.500. The molecule has 0 spiro atoms. The highest BCUT2D eigenvalue weighted by Gasteiger charge is 2.18. The van der Waals surface area contributed by atoms with Crippen LogP contribution in [0.2, 0.25) is 0 Å². The first-order valence-corrected chi connectivity index (χ1v) is 8.25. The minimum absolute atomic E-state index is 0.414. The molecule has 5 nitrogen and oxygen atoms in total. The van der Waals surface area contributed by atoms with Gasteiger partial charge >= 0.3 is 6.09 Å². The third-order valence-corrected chi connectivity index (χ3v) is 4.40. The molecule has 0 radical (unpaired) electrons. The fourth-order valence-electron chi connectivity index (χ4n) is 3.18. The van der Waals surface area contributed by atoms with Crippen molar-refractivity contribution in [1.82, 2.24) is 15.3 Å². The van der Waals surface area contributed by atoms with E-state index in [9.17, 15) is 4.79 Å². The lowest BCUT2D eigenvalue weighted by atomic mass is 9.99. The number of hydrogen-bond acceptors (Lipinski definition) is 4. The molecule has 0 unspecified atom stereocenters. The standard InChI is InChI=1S/C18H23N3O2/c1-2-9-20-12-8-15-6-7-17(13-16(15)14-20)23-18(22)19-21-10-4-3-5-11-21/h1,6-7,13H,3-5,8-12,14H2,(H,19,22). The first-order chi connectivity index (χ1) is 11.2. The van der Waals surface area contributed by atoms with Gasteiger partial charge in [0, 0.05) is 26.2 Å². The summed E-state index contributed by atoms with van der Waals surface area (Å²) in [7, 11) is 0. The number of hydrogen-bond donors (Lipinski definition) is 1. The number of terminal acetylenes is 1. The maximum Gasteiger partial charge on any atom is 0.427 e. The van der Waals surface area contributed by atoms with E-state index in [1.807, 2.05) is 23.2 Å². The summed E-state index contributed by atoms with van der Waals surface area (Å²) in [6.45, 7) is 4.22. The maximum absolute atomic E-state index is 12.0. The highest BCUT2D eigenvalue weighted by molar-refractivity contribution is 5.69. The maximum atomic E-state index is 12.0. The minimum atomic E-state index is -0.414. The van der Waals surface area contributed by atoms with E-state index in [-0.39, 0.29) is 0 Å². The number of ether oxygens (including phenoxy) is 1. The zero-order valence-electron chi connectivity index (χ0n) is 13.4. The SMILES string of the molecule is C#CCN1CCc2ccc(OC(=O)NN3CCCCC3)cc2C1. The van der Waals surface area contributed by atoms with Crippen LogP contribution in [-0.4, -0.2) is 42.2 Å². The molecule has 1 fully saturated rings. The van der Waals surface area contributed by atoms with Crippen LogP contribution in [-0.2, 0) is 13.0 Å². The molecule has 1 amide bonds. The van der Waals surface area contributed by atoms with E-state index in [2.05, 4.69) is 16.2 Å². The predicted molar refractivity (Wildman–Crippen MR) is 88.8 cm³/mol. The normalized spacial score (nSPS) is 18.7. The molecule has 2 heterocycles. The summed E-state index contributed by atoms with van der Waals surface area (Å²) in [6, 6.07) is 5.87. The highest BCUT2D eigenvalue weighted by Crippen LogP contribution is 2.24. The van der Waals surface area contributed by atoms with Gasteiger partial charge in [0.15, 0.2) is 0 Å². The van der Waals surface area contributed by atoms with E-state index in [1.54, 1.807) is 0 Å². The van der Waals surface area contributed by atoms with Crippen molar-refractivity contribution in [1.29, 1.82) is 0 Å². The summed E-state index contributed by atoms with van der Waals surface area (Å²) in [5.74, 6) is 3.27. The summed E-state index contributed by atoms with van der Waals surface area (Å²) < 4.78 is 5.43. The molecular formula is C18H23N3O2. The Kier molecular flexibility index (Phi) is 5.16. The van der Waals surface area contributed by atoms with Crippen LogP contribution in [0, 0.1) is 12.3 Å². The number of nitrogens with zero attached hydrogens (tertiary/aromatic N) is 2. The Hall–Kier alpha value is -2.03. The molecule has 122 valence electrons. The number of hydrazine groups is 1. The molecule has 23 heavy (non-hydrogen) atoms. The van der Waals surface area contributed by atoms with E-state index in [4.69, 9.17) is 11.2 Å². The van der Waals surface area contributed by atoms with Crippen molar-refractivity contribution in [3.8, 4) is 18.1 Å². The van der Waals surface area contributed by atoms with Gasteiger partial charge in [-0.15, -0.1) is 6.42 Å². The van der Waals surface area contributed by atoms with Crippen molar-refractivity contribution < 1.29 is 9.53 Å². The van der Waals surface area contributed by atoms with E-state index in [0.29, 0.717) is 12.3 Å². The molecule has 1 saturated heterocycles. The molecule has 0 aromatic heterocycles. The van der Waals surface area contributed by atoms with E-state index >= 15 is 0 Å². The van der Waals surface area contributed by atoms with Crippen molar-refractivity contribution >= 4 is 6.09 Å². The summed E-state index contributed by atoms with van der Waals surface area (Å²) in [6.07, 6.45) is 9.42. The third-order valence-electron chi connectivity index (χ3n) is 4.40. The van der Waals surface area contributed by atoms with Gasteiger partial charge in [0.2, 0.25) is 0 Å². The average Bonchev–Trinajstić information content (AvgIpc) is 2.55. The zero-order chi connectivity index (χ0) is 16.1. The Balaban J connectivity index is 1.59. The number of nitrogens with one attached hydrogen (secondary N) is 1. The lowest BCUT2D eigenvalue weighted by molar-refractivity contribution is 0.129. The Labute approximate surface area is 137 Å². The van der Waals surface area contributed by atoms with Crippen LogP contribution >= 0.6 is 0 Å². The van der Waals surface area contributed by atoms with Gasteiger partial charge in [-0.05, 0) is 42.5 Å². The van der Waals surface area contributed by atoms with Crippen LogP contribution in [0.15, 0.2) is 18.2 Å². The van der Waals surface area contributed by atoms with Crippen LogP contribution in [0.5, 0.6) is 5.75 Å². The Morgan fingerprint density at radius 3 is 2.83 bits per heavy atom. The average molecular weight is 313 g/mol. The first-order valence-electron chi connectivity index (χ1n) is 8.25. The van der Waals surface area contributed by atoms with Crippen molar-refractivity contribution in [2.75, 3.05) is 26.2 Å². The fourth-order valence-corrected chi connectivity index (χ4v) is 3.18. The van der Waals surface area contributed by atoms with Crippen molar-refractivity contribution in [2.45, 2.75) is 32.2 Å². The van der Waals surface area contributed by atoms with Crippen LogP contribution in [0.1, 0.15) is 30.4 Å². The summed E-state index contributed by atoms with van der Waals surface area (Å²) in [4.78, 5) is 14.2. The molecule has 1 aromatic carbocycles. The topological polar surface area (TPSA) is 44.8 Å². The highest BCUT2D eigenvalue weighted by atomic mass is 16.6. The molecule has 3 rings (SSSR count). The smallest absolute Gasteiger partial charge is 0.409 e. The van der Waals surface area contributed by atoms with Crippen molar-refractivity contribution in [2.24, 2.45) is 0 Å². The number of carbonyl (C=O) groups is 1. The van der Waals surface area contributed by atoms with Gasteiger partial charge in [-0.3, -0.25) is 10.3 Å². The van der Waals surface area contributed by atoms with E-state index < -0.39 is 6.09 Å². The molecule has 1 aromatic rings. The van der Waals surface area contributed by atoms with Gasteiger partial charge in [0.05, 0.1) is 6.54 Å². The van der Waals surface area contributed by atoms with E-state index in [0.717, 1.165) is 45.4 Å². The van der Waals surface area contributed by atoms with Crippen LogP contribution in [0.3, 0.4) is 0 Å². The number of amides is 1. The zero-order valence-corrected chi connectivity index (χ0v) is 13.4. The number of fused-ring (bicyclic) bond motifs is 1. The van der Waals surface area contributed by atoms with Gasteiger partial charge in [-0.2, -0.15) is 0 Å². The van der Waals surface area contributed by atoms with Gasteiger partial charge in [-0.25, -0.2) is 9.80 Å². The van der Waals surface area contributed by atoms with Gasteiger partial charge in [0.1, 0.15) is 5.75 Å². The monoisotopic (exact) mass is 313 g/mol. The second-order valence-corrected chi connectivity index (χ2v) is 6.14. The van der Waals surface area contributed by atoms with Crippen molar-refractivity contribution in [3.63, 3.8) is 0 Å². The Morgan fingerprint density at radius 2 is 2.04 bits per heavy atom. The largest absolute Gasteiger partial charge is 0.427 e. The van der Waals surface area contributed by atoms with E-state index in [1.165, 1.54) is 17.5 Å². The molecule has 2 aliphatic rings. The summed E-state index contributed by atoms with van der Waals surface area (Å²) in [5, 5.41) is 1.93. The lowest BCUT2D eigenvalue weighted by Crippen LogP contribution is -2.46. The number of benzene rings is 1. The minimum Gasteiger partial charge on any atom is -0.409 e. The number of rotatable bonds is 3. The Morgan fingerprint density at radius 1 is 1.22 bits per heavy atom. The van der Waals surface area contributed by atoms with Crippen LogP contribution in [0.4, 0.5) is 4.79 Å². The van der Waals surface area contributed by atoms with Crippen molar-refractivity contribution in [3.05, 3.63) is 29.3 Å². The van der Waals surface area contributed by atoms with Gasteiger partial charge in [0.25, 0.3) is 0 Å². The van der Waals surface area contributed by atoms with Gasteiger partial charge < -0.3 is 4.74 Å². The lowest BCUT2D eigenvalue weighted by Gasteiger charge is -2.28. The molecule has 0 saturated carbocycles. The molecule has 1 N–H and O–H groups in total. The molecular weight excluding hydrogens is 290 g/mol. The van der Waals surface area contributed by atoms with Crippen LogP contribution in [0.25, 0.3) is 0 Å². The predicted octanol–water partition coefficient (Wildman–Crippen LogP) is 2.17. The second kappa shape index (κ2) is 7.49. The summed E-state index contributed by atoms with van der Waals surface area (Å²) >= 11 is 0. The molecule has 0 aliphatic carbocycles. The molecule has 2 aliphatic heterocycles. The second-order valence-electron chi connectivity index (χ2n) is 6.14. The first kappa shape index (κ1) is 15.9. The number of carbonyl (C=O) groups excluding carboxylic acids is 1. The molecule has 5 heteroatoms. The Bertz CT molecular complexity index is 603. The molecule has 0 atom stereocenters. The third kappa shape index (κ3) is 4.25. The number of piperidine rings is 1. The van der Waals surface area contributed by atoms with Gasteiger partial charge in [-0.1, -0.05) is 18.4 Å². The quantitative estimate of drug-likeness (QED) is 0.869. The molecule has 0 bridgehead atoms. The van der Waals surface area contributed by atoms with Crippen LogP contribution < -0.4 is 10.2 Å².